The maximum Gasteiger partial charge on any atom is 0.324 e. The van der Waals surface area contributed by atoms with Crippen LogP contribution in [0.25, 0.3) is 16.4 Å². The first kappa shape index (κ1) is 21.8. The maximum atomic E-state index is 12.7. The second-order valence-corrected chi connectivity index (χ2v) is 8.26. The van der Waals surface area contributed by atoms with Crippen LogP contribution in [0.1, 0.15) is 5.56 Å². The molecule has 2 aromatic carbocycles. The fourth-order valence-corrected chi connectivity index (χ4v) is 3.91. The van der Waals surface area contributed by atoms with Crippen molar-refractivity contribution in [1.29, 1.82) is 0 Å². The number of rotatable bonds is 6. The van der Waals surface area contributed by atoms with Crippen LogP contribution >= 0.6 is 34.5 Å². The molecule has 0 saturated carbocycles. The van der Waals surface area contributed by atoms with E-state index >= 15 is 0 Å². The maximum absolute atomic E-state index is 12.7. The number of carbonyl (C=O) groups excluding carboxylic acids is 1. The number of hydrogen-bond acceptors (Lipinski definition) is 5. The largest absolute Gasteiger partial charge is 0.481 e. The molecular formula is C21H15Cl2N5O3S. The summed E-state index contributed by atoms with van der Waals surface area (Å²) in [5.74, 6) is -0.583. The summed E-state index contributed by atoms with van der Waals surface area (Å²) < 4.78 is 1.52. The van der Waals surface area contributed by atoms with Crippen molar-refractivity contribution in [3.63, 3.8) is 0 Å². The summed E-state index contributed by atoms with van der Waals surface area (Å²) in [5.41, 5.74) is 2.09. The Morgan fingerprint density at radius 1 is 1.09 bits per heavy atom. The van der Waals surface area contributed by atoms with E-state index in [-0.39, 0.29) is 11.4 Å². The van der Waals surface area contributed by atoms with Gasteiger partial charge in [-0.2, -0.15) is 5.10 Å². The van der Waals surface area contributed by atoms with Crippen LogP contribution in [0.15, 0.2) is 60.1 Å². The fraction of sp³-hybridized carbons (Fsp3) is 0.0476. The van der Waals surface area contributed by atoms with Crippen molar-refractivity contribution in [2.24, 2.45) is 0 Å². The third-order valence-electron chi connectivity index (χ3n) is 4.31. The van der Waals surface area contributed by atoms with E-state index < -0.39 is 12.0 Å². The highest BCUT2D eigenvalue weighted by Crippen LogP contribution is 2.30. The van der Waals surface area contributed by atoms with Gasteiger partial charge in [-0.25, -0.2) is 14.5 Å². The molecule has 0 saturated heterocycles. The van der Waals surface area contributed by atoms with E-state index in [1.54, 1.807) is 54.7 Å². The summed E-state index contributed by atoms with van der Waals surface area (Å²) in [6.45, 7) is 0. The number of carbonyl (C=O) groups is 2. The molecule has 0 aliphatic rings. The van der Waals surface area contributed by atoms with Crippen LogP contribution in [-0.4, -0.2) is 31.9 Å². The zero-order chi connectivity index (χ0) is 22.7. The number of urea groups is 1. The van der Waals surface area contributed by atoms with Crippen molar-refractivity contribution in [3.05, 3.63) is 75.7 Å². The van der Waals surface area contributed by atoms with Crippen LogP contribution in [-0.2, 0) is 11.2 Å². The number of amides is 2. The molecule has 0 unspecified atom stereocenters. The molecule has 0 aliphatic carbocycles. The molecular weight excluding hydrogens is 473 g/mol. The molecule has 4 rings (SSSR count). The highest BCUT2D eigenvalue weighted by atomic mass is 35.5. The number of halogens is 2. The number of hydrogen-bond donors (Lipinski definition) is 3. The molecule has 0 spiro atoms. The van der Waals surface area contributed by atoms with Crippen molar-refractivity contribution in [1.82, 2.24) is 14.8 Å². The summed E-state index contributed by atoms with van der Waals surface area (Å²) >= 11 is 13.6. The average molecular weight is 488 g/mol. The first-order valence-corrected chi connectivity index (χ1v) is 10.9. The topological polar surface area (TPSA) is 109 Å². The monoisotopic (exact) mass is 487 g/mol. The third kappa shape index (κ3) is 4.91. The molecule has 0 fully saturated rings. The Morgan fingerprint density at radius 3 is 2.66 bits per heavy atom. The van der Waals surface area contributed by atoms with Gasteiger partial charge in [-0.3, -0.25) is 10.1 Å². The van der Waals surface area contributed by atoms with E-state index in [2.05, 4.69) is 20.7 Å². The van der Waals surface area contributed by atoms with Crippen LogP contribution < -0.4 is 10.6 Å². The summed E-state index contributed by atoms with van der Waals surface area (Å²) in [7, 11) is 0. The highest BCUT2D eigenvalue weighted by Gasteiger charge is 2.17. The van der Waals surface area contributed by atoms with Gasteiger partial charge in [0.2, 0.25) is 0 Å². The predicted octanol–water partition coefficient (Wildman–Crippen LogP) is 5.57. The number of anilines is 2. The van der Waals surface area contributed by atoms with Crippen LogP contribution in [0, 0.1) is 0 Å². The molecule has 4 aromatic rings. The van der Waals surface area contributed by atoms with Gasteiger partial charge in [0.15, 0.2) is 0 Å². The number of benzene rings is 2. The lowest BCUT2D eigenvalue weighted by Crippen LogP contribution is -2.21. The minimum Gasteiger partial charge on any atom is -0.481 e. The van der Waals surface area contributed by atoms with Crippen molar-refractivity contribution >= 4 is 58.0 Å². The number of thiazole rings is 1. The van der Waals surface area contributed by atoms with Crippen LogP contribution in [0.2, 0.25) is 10.0 Å². The van der Waals surface area contributed by atoms with Gasteiger partial charge >= 0.3 is 12.0 Å². The lowest BCUT2D eigenvalue weighted by atomic mass is 10.1. The van der Waals surface area contributed by atoms with E-state index in [0.29, 0.717) is 38.5 Å². The molecule has 11 heteroatoms. The predicted molar refractivity (Wildman–Crippen MR) is 125 cm³/mol. The Balaban J connectivity index is 1.67. The molecule has 162 valence electrons. The normalized spacial score (nSPS) is 10.7. The van der Waals surface area contributed by atoms with Crippen LogP contribution in [0.5, 0.6) is 0 Å². The third-order valence-corrected chi connectivity index (χ3v) is 5.93. The van der Waals surface area contributed by atoms with Crippen molar-refractivity contribution in [3.8, 4) is 16.4 Å². The number of aliphatic carboxylic acids is 1. The molecule has 8 nitrogen and oxygen atoms in total. The molecule has 0 atom stereocenters. The highest BCUT2D eigenvalue weighted by molar-refractivity contribution is 7.13. The van der Waals surface area contributed by atoms with Crippen LogP contribution in [0.3, 0.4) is 0 Å². The Labute approximate surface area is 196 Å². The minimum absolute atomic E-state index is 0.134. The van der Waals surface area contributed by atoms with Gasteiger partial charge in [-0.15, -0.1) is 11.3 Å². The van der Waals surface area contributed by atoms with E-state index in [9.17, 15) is 9.59 Å². The number of carboxylic acid groups (broad SMARTS) is 1. The summed E-state index contributed by atoms with van der Waals surface area (Å²) in [6.07, 6.45) is 1.53. The van der Waals surface area contributed by atoms with E-state index in [4.69, 9.17) is 28.3 Å². The second kappa shape index (κ2) is 9.39. The fourth-order valence-electron chi connectivity index (χ4n) is 2.96. The molecule has 2 amide bonds. The van der Waals surface area contributed by atoms with Gasteiger partial charge < -0.3 is 10.4 Å². The van der Waals surface area contributed by atoms with E-state index in [0.717, 1.165) is 0 Å². The zero-order valence-corrected chi connectivity index (χ0v) is 18.6. The Bertz CT molecular complexity index is 1290. The quantitative estimate of drug-likeness (QED) is 0.329. The molecule has 0 radical (unpaired) electrons. The van der Waals surface area contributed by atoms with Gasteiger partial charge in [-0.1, -0.05) is 41.4 Å². The average Bonchev–Trinajstić information content (AvgIpc) is 3.41. The zero-order valence-electron chi connectivity index (χ0n) is 16.3. The Hall–Kier alpha value is -3.40. The Morgan fingerprint density at radius 2 is 1.91 bits per heavy atom. The smallest absolute Gasteiger partial charge is 0.324 e. The van der Waals surface area contributed by atoms with Gasteiger partial charge in [0, 0.05) is 17.6 Å². The summed E-state index contributed by atoms with van der Waals surface area (Å²) in [6, 6.07) is 12.9. The van der Waals surface area contributed by atoms with Crippen molar-refractivity contribution < 1.29 is 14.7 Å². The number of carboxylic acids is 1. The molecule has 2 aromatic heterocycles. The molecule has 2 heterocycles. The Kier molecular flexibility index (Phi) is 6.40. The van der Waals surface area contributed by atoms with Crippen molar-refractivity contribution in [2.45, 2.75) is 6.42 Å². The number of nitrogens with zero attached hydrogens (tertiary/aromatic N) is 3. The van der Waals surface area contributed by atoms with Gasteiger partial charge in [0.05, 0.1) is 27.8 Å². The number of nitrogens with one attached hydrogen (secondary N) is 2. The lowest BCUT2D eigenvalue weighted by Gasteiger charge is -2.12. The summed E-state index contributed by atoms with van der Waals surface area (Å²) in [4.78, 5) is 28.0. The number of aromatic nitrogens is 3. The van der Waals surface area contributed by atoms with E-state index in [1.807, 2.05) is 5.38 Å². The first-order chi connectivity index (χ1) is 15.4. The van der Waals surface area contributed by atoms with Gasteiger partial charge in [-0.05, 0) is 29.8 Å². The minimum atomic E-state index is -0.942. The first-order valence-electron chi connectivity index (χ1n) is 9.24. The van der Waals surface area contributed by atoms with Crippen LogP contribution in [0.4, 0.5) is 16.3 Å². The van der Waals surface area contributed by atoms with Crippen molar-refractivity contribution in [2.75, 3.05) is 10.6 Å². The van der Waals surface area contributed by atoms with E-state index in [1.165, 1.54) is 16.0 Å². The molecule has 0 bridgehead atoms. The summed E-state index contributed by atoms with van der Waals surface area (Å²) in [5, 5.41) is 22.1. The molecule has 0 aliphatic heterocycles. The molecule has 3 N–H and O–H groups in total. The van der Waals surface area contributed by atoms with Gasteiger partial charge in [0.1, 0.15) is 16.5 Å². The standard InChI is InChI=1S/C21H15Cl2N5O3S/c22-14-5-2-6-15(19(14)23)25-21(31)26-17-11-16(20-24-7-8-32-20)27-28(17)13-4-1-3-12(9-13)10-18(29)30/h1-9,11H,10H2,(H,29,30)(H2,25,26,31). The molecule has 32 heavy (non-hydrogen) atoms. The SMILES string of the molecule is O=C(O)Cc1cccc(-n2nc(-c3nccs3)cc2NC(=O)Nc2cccc(Cl)c2Cl)c1. The lowest BCUT2D eigenvalue weighted by molar-refractivity contribution is -0.136. The second-order valence-electron chi connectivity index (χ2n) is 6.58. The van der Waals surface area contributed by atoms with Gasteiger partial charge in [0.25, 0.3) is 0 Å².